The van der Waals surface area contributed by atoms with Crippen LogP contribution < -0.4 is 5.32 Å². The molecule has 0 aromatic carbocycles. The lowest BCUT2D eigenvalue weighted by atomic mass is 9.90. The van der Waals surface area contributed by atoms with Gasteiger partial charge in [0.25, 0.3) is 0 Å². The molecule has 0 aliphatic heterocycles. The number of imidazole rings is 1. The van der Waals surface area contributed by atoms with Crippen LogP contribution in [0.2, 0.25) is 0 Å². The SMILES string of the molecule is CCC(C)(C)CNC(C)c1nccn1C. The summed E-state index contributed by atoms with van der Waals surface area (Å²) >= 11 is 0. The fourth-order valence-electron chi connectivity index (χ4n) is 1.44. The molecule has 1 aromatic rings. The molecule has 0 fully saturated rings. The highest BCUT2D eigenvalue weighted by atomic mass is 15.1. The van der Waals surface area contributed by atoms with Gasteiger partial charge in [0.05, 0.1) is 6.04 Å². The molecule has 86 valence electrons. The van der Waals surface area contributed by atoms with E-state index in [2.05, 4.69) is 42.6 Å². The van der Waals surface area contributed by atoms with Crippen LogP contribution in [0.15, 0.2) is 12.4 Å². The Balaban J connectivity index is 2.50. The van der Waals surface area contributed by atoms with Crippen molar-refractivity contribution in [3.63, 3.8) is 0 Å². The first-order valence-corrected chi connectivity index (χ1v) is 5.67. The average Bonchev–Trinajstić information content (AvgIpc) is 2.61. The molecule has 1 unspecified atom stereocenters. The van der Waals surface area contributed by atoms with Crippen molar-refractivity contribution < 1.29 is 0 Å². The van der Waals surface area contributed by atoms with Crippen molar-refractivity contribution >= 4 is 0 Å². The largest absolute Gasteiger partial charge is 0.337 e. The first-order valence-electron chi connectivity index (χ1n) is 5.67. The zero-order chi connectivity index (χ0) is 11.5. The molecule has 0 saturated carbocycles. The van der Waals surface area contributed by atoms with Crippen LogP contribution in [0.5, 0.6) is 0 Å². The van der Waals surface area contributed by atoms with E-state index in [9.17, 15) is 0 Å². The van der Waals surface area contributed by atoms with Gasteiger partial charge in [-0.1, -0.05) is 20.8 Å². The maximum atomic E-state index is 4.34. The first kappa shape index (κ1) is 12.2. The highest BCUT2D eigenvalue weighted by Gasteiger charge is 2.17. The number of hydrogen-bond donors (Lipinski definition) is 1. The third-order valence-electron chi connectivity index (χ3n) is 3.09. The highest BCUT2D eigenvalue weighted by Crippen LogP contribution is 2.19. The summed E-state index contributed by atoms with van der Waals surface area (Å²) in [7, 11) is 2.03. The molecule has 0 bridgehead atoms. The second-order valence-electron chi connectivity index (χ2n) is 5.02. The van der Waals surface area contributed by atoms with E-state index in [1.54, 1.807) is 0 Å². The van der Waals surface area contributed by atoms with E-state index in [0.29, 0.717) is 11.5 Å². The summed E-state index contributed by atoms with van der Waals surface area (Å²) in [6, 6.07) is 0.316. The van der Waals surface area contributed by atoms with Crippen molar-refractivity contribution in [3.8, 4) is 0 Å². The number of aromatic nitrogens is 2. The Morgan fingerprint density at radius 1 is 1.53 bits per heavy atom. The Kier molecular flexibility index (Phi) is 3.91. The Morgan fingerprint density at radius 2 is 2.20 bits per heavy atom. The van der Waals surface area contributed by atoms with Crippen molar-refractivity contribution in [2.45, 2.75) is 40.2 Å². The van der Waals surface area contributed by atoms with E-state index in [-0.39, 0.29) is 0 Å². The number of hydrogen-bond acceptors (Lipinski definition) is 2. The van der Waals surface area contributed by atoms with Crippen molar-refractivity contribution in [1.29, 1.82) is 0 Å². The highest BCUT2D eigenvalue weighted by molar-refractivity contribution is 4.97. The third-order valence-corrected chi connectivity index (χ3v) is 3.09. The van der Waals surface area contributed by atoms with E-state index in [1.807, 2.05) is 19.4 Å². The van der Waals surface area contributed by atoms with Gasteiger partial charge < -0.3 is 9.88 Å². The molecule has 0 saturated heterocycles. The van der Waals surface area contributed by atoms with E-state index in [0.717, 1.165) is 12.4 Å². The number of nitrogens with one attached hydrogen (secondary N) is 1. The van der Waals surface area contributed by atoms with Crippen molar-refractivity contribution in [3.05, 3.63) is 18.2 Å². The van der Waals surface area contributed by atoms with Crippen LogP contribution in [-0.4, -0.2) is 16.1 Å². The minimum atomic E-state index is 0.316. The lowest BCUT2D eigenvalue weighted by molar-refractivity contribution is 0.310. The van der Waals surface area contributed by atoms with Gasteiger partial charge in [0.15, 0.2) is 0 Å². The number of nitrogens with zero attached hydrogens (tertiary/aromatic N) is 2. The standard InChI is InChI=1S/C12H23N3/c1-6-12(3,4)9-14-10(2)11-13-7-8-15(11)5/h7-8,10,14H,6,9H2,1-5H3. The molecule has 1 atom stereocenters. The average molecular weight is 209 g/mol. The van der Waals surface area contributed by atoms with Gasteiger partial charge in [-0.3, -0.25) is 0 Å². The molecule has 15 heavy (non-hydrogen) atoms. The monoisotopic (exact) mass is 209 g/mol. The maximum absolute atomic E-state index is 4.34. The molecule has 0 amide bonds. The van der Waals surface area contributed by atoms with E-state index < -0.39 is 0 Å². The van der Waals surface area contributed by atoms with Crippen LogP contribution in [-0.2, 0) is 7.05 Å². The van der Waals surface area contributed by atoms with Gasteiger partial charge in [-0.2, -0.15) is 0 Å². The van der Waals surface area contributed by atoms with Crippen molar-refractivity contribution in [1.82, 2.24) is 14.9 Å². The zero-order valence-corrected chi connectivity index (χ0v) is 10.5. The van der Waals surface area contributed by atoms with Crippen molar-refractivity contribution in [2.75, 3.05) is 6.54 Å². The lowest BCUT2D eigenvalue weighted by Gasteiger charge is -2.25. The predicted molar refractivity (Wildman–Crippen MR) is 63.7 cm³/mol. The summed E-state index contributed by atoms with van der Waals surface area (Å²) < 4.78 is 2.07. The zero-order valence-electron chi connectivity index (χ0n) is 10.5. The fourth-order valence-corrected chi connectivity index (χ4v) is 1.44. The molecule has 1 heterocycles. The summed E-state index contributed by atoms with van der Waals surface area (Å²) in [5, 5.41) is 3.53. The molecule has 0 radical (unpaired) electrons. The summed E-state index contributed by atoms with van der Waals surface area (Å²) in [5.41, 5.74) is 0.361. The smallest absolute Gasteiger partial charge is 0.125 e. The van der Waals surface area contributed by atoms with E-state index in [4.69, 9.17) is 0 Å². The topological polar surface area (TPSA) is 29.9 Å². The second kappa shape index (κ2) is 4.79. The molecule has 0 spiro atoms. The lowest BCUT2D eigenvalue weighted by Crippen LogP contribution is -2.31. The van der Waals surface area contributed by atoms with E-state index >= 15 is 0 Å². The van der Waals surface area contributed by atoms with Crippen molar-refractivity contribution in [2.24, 2.45) is 12.5 Å². The molecule has 3 heteroatoms. The maximum Gasteiger partial charge on any atom is 0.125 e. The third kappa shape index (κ3) is 3.34. The number of aryl methyl sites for hydroxylation is 1. The van der Waals surface area contributed by atoms with Gasteiger partial charge >= 0.3 is 0 Å². The Hall–Kier alpha value is -0.830. The molecular weight excluding hydrogens is 186 g/mol. The van der Waals surface area contributed by atoms with Crippen LogP contribution in [0.3, 0.4) is 0 Å². The molecular formula is C12H23N3. The van der Waals surface area contributed by atoms with Gasteiger partial charge in [-0.25, -0.2) is 4.98 Å². The van der Waals surface area contributed by atoms with Gasteiger partial charge in [0.2, 0.25) is 0 Å². The first-order chi connectivity index (χ1) is 6.96. The van der Waals surface area contributed by atoms with Crippen LogP contribution in [0.25, 0.3) is 0 Å². The Bertz CT molecular complexity index is 302. The molecule has 0 aliphatic carbocycles. The van der Waals surface area contributed by atoms with Gasteiger partial charge in [0.1, 0.15) is 5.82 Å². The van der Waals surface area contributed by atoms with Gasteiger partial charge in [0, 0.05) is 26.0 Å². The normalized spacial score (nSPS) is 14.2. The molecule has 1 N–H and O–H groups in total. The van der Waals surface area contributed by atoms with Gasteiger partial charge in [-0.15, -0.1) is 0 Å². The Morgan fingerprint density at radius 3 is 2.67 bits per heavy atom. The minimum absolute atomic E-state index is 0.316. The summed E-state index contributed by atoms with van der Waals surface area (Å²) in [4.78, 5) is 4.34. The minimum Gasteiger partial charge on any atom is -0.337 e. The summed E-state index contributed by atoms with van der Waals surface area (Å²) in [6.45, 7) is 9.98. The molecule has 1 aromatic heterocycles. The van der Waals surface area contributed by atoms with Gasteiger partial charge in [-0.05, 0) is 18.8 Å². The van der Waals surface area contributed by atoms with Crippen LogP contribution >= 0.6 is 0 Å². The van der Waals surface area contributed by atoms with Crippen LogP contribution in [0.1, 0.15) is 46.0 Å². The quantitative estimate of drug-likeness (QED) is 0.807. The number of rotatable bonds is 5. The fraction of sp³-hybridized carbons (Fsp3) is 0.750. The second-order valence-corrected chi connectivity index (χ2v) is 5.02. The van der Waals surface area contributed by atoms with Crippen LogP contribution in [0.4, 0.5) is 0 Å². The van der Waals surface area contributed by atoms with Crippen LogP contribution in [0, 0.1) is 5.41 Å². The molecule has 3 nitrogen and oxygen atoms in total. The molecule has 0 aliphatic rings. The van der Waals surface area contributed by atoms with E-state index in [1.165, 1.54) is 6.42 Å². The summed E-state index contributed by atoms with van der Waals surface area (Å²) in [5.74, 6) is 1.10. The predicted octanol–water partition coefficient (Wildman–Crippen LogP) is 2.51. The summed E-state index contributed by atoms with van der Waals surface area (Å²) in [6.07, 6.45) is 5.02. The molecule has 1 rings (SSSR count). The Labute approximate surface area is 92.9 Å².